The number of nitrogens with two attached hydrogens (primary N) is 1. The molecule has 2 amide bonds. The minimum absolute atomic E-state index is 0.0204. The maximum Gasteiger partial charge on any atom is 0.242 e. The lowest BCUT2D eigenvalue weighted by molar-refractivity contribution is -0.140. The molecule has 1 saturated heterocycles. The number of hydrogen-bond acceptors (Lipinski definition) is 4. The largest absolute Gasteiger partial charge is 0.377 e. The van der Waals surface area contributed by atoms with Gasteiger partial charge in [0.25, 0.3) is 0 Å². The Kier molecular flexibility index (Phi) is 5.21. The van der Waals surface area contributed by atoms with Crippen molar-refractivity contribution in [1.82, 2.24) is 10.2 Å². The van der Waals surface area contributed by atoms with E-state index in [4.69, 9.17) is 10.5 Å². The Labute approximate surface area is 95.1 Å². The summed E-state index contributed by atoms with van der Waals surface area (Å²) in [4.78, 5) is 24.5. The lowest BCUT2D eigenvalue weighted by atomic mass is 10.2. The molecule has 1 atom stereocenters. The summed E-state index contributed by atoms with van der Waals surface area (Å²) in [6.45, 7) is 3.67. The summed E-state index contributed by atoms with van der Waals surface area (Å²) in [6.07, 6.45) is 0.858. The van der Waals surface area contributed by atoms with Crippen molar-refractivity contribution in [1.29, 1.82) is 0 Å². The molecule has 1 heterocycles. The SMILES string of the molecule is CCC1COCCN1C(=O)CNC(=O)CN. The van der Waals surface area contributed by atoms with Gasteiger partial charge in [-0.15, -0.1) is 0 Å². The summed E-state index contributed by atoms with van der Waals surface area (Å²) in [6, 6.07) is 0.121. The van der Waals surface area contributed by atoms with Crippen LogP contribution in [0, 0.1) is 0 Å². The number of morpholine rings is 1. The Morgan fingerprint density at radius 1 is 1.56 bits per heavy atom. The van der Waals surface area contributed by atoms with Crippen LogP contribution in [0.1, 0.15) is 13.3 Å². The number of carbonyl (C=O) groups excluding carboxylic acids is 2. The van der Waals surface area contributed by atoms with Gasteiger partial charge in [0.1, 0.15) is 0 Å². The molecule has 6 heteroatoms. The van der Waals surface area contributed by atoms with Gasteiger partial charge in [-0.05, 0) is 6.42 Å². The summed E-state index contributed by atoms with van der Waals surface area (Å²) in [5.41, 5.74) is 5.13. The summed E-state index contributed by atoms with van der Waals surface area (Å²) in [5, 5.41) is 2.48. The van der Waals surface area contributed by atoms with Crippen molar-refractivity contribution in [3.63, 3.8) is 0 Å². The fraction of sp³-hybridized carbons (Fsp3) is 0.800. The molecule has 1 aliphatic rings. The monoisotopic (exact) mass is 229 g/mol. The van der Waals surface area contributed by atoms with E-state index in [-0.39, 0.29) is 30.9 Å². The molecule has 0 radical (unpaired) electrons. The van der Waals surface area contributed by atoms with E-state index in [1.54, 1.807) is 4.90 Å². The summed E-state index contributed by atoms with van der Waals surface area (Å²) in [5.74, 6) is -0.383. The van der Waals surface area contributed by atoms with E-state index in [0.29, 0.717) is 19.8 Å². The van der Waals surface area contributed by atoms with Crippen molar-refractivity contribution in [3.8, 4) is 0 Å². The first-order valence-electron chi connectivity index (χ1n) is 5.53. The molecule has 1 fully saturated rings. The molecule has 16 heavy (non-hydrogen) atoms. The maximum absolute atomic E-state index is 11.8. The van der Waals surface area contributed by atoms with Crippen LogP contribution in [0.3, 0.4) is 0 Å². The van der Waals surface area contributed by atoms with Crippen molar-refractivity contribution >= 4 is 11.8 Å². The molecule has 0 bridgehead atoms. The van der Waals surface area contributed by atoms with Crippen molar-refractivity contribution in [2.45, 2.75) is 19.4 Å². The van der Waals surface area contributed by atoms with Gasteiger partial charge in [0.2, 0.25) is 11.8 Å². The van der Waals surface area contributed by atoms with Gasteiger partial charge in [-0.3, -0.25) is 9.59 Å². The second-order valence-electron chi connectivity index (χ2n) is 3.70. The van der Waals surface area contributed by atoms with Crippen molar-refractivity contribution in [3.05, 3.63) is 0 Å². The van der Waals surface area contributed by atoms with Gasteiger partial charge in [-0.1, -0.05) is 6.92 Å². The fourth-order valence-corrected chi connectivity index (χ4v) is 1.67. The lowest BCUT2D eigenvalue weighted by Crippen LogP contribution is -2.51. The highest BCUT2D eigenvalue weighted by Crippen LogP contribution is 2.09. The molecule has 0 spiro atoms. The van der Waals surface area contributed by atoms with Gasteiger partial charge in [-0.25, -0.2) is 0 Å². The molecule has 92 valence electrons. The number of carbonyl (C=O) groups is 2. The zero-order chi connectivity index (χ0) is 12.0. The van der Waals surface area contributed by atoms with E-state index in [2.05, 4.69) is 5.32 Å². The highest BCUT2D eigenvalue weighted by Gasteiger charge is 2.25. The smallest absolute Gasteiger partial charge is 0.242 e. The third-order valence-electron chi connectivity index (χ3n) is 2.64. The minimum Gasteiger partial charge on any atom is -0.377 e. The Balaban J connectivity index is 2.41. The maximum atomic E-state index is 11.8. The van der Waals surface area contributed by atoms with Crippen LogP contribution < -0.4 is 11.1 Å². The molecular weight excluding hydrogens is 210 g/mol. The number of ether oxygens (including phenoxy) is 1. The second-order valence-corrected chi connectivity index (χ2v) is 3.70. The Morgan fingerprint density at radius 3 is 2.94 bits per heavy atom. The Morgan fingerprint density at radius 2 is 2.31 bits per heavy atom. The second kappa shape index (κ2) is 6.44. The Hall–Kier alpha value is -1.14. The summed E-state index contributed by atoms with van der Waals surface area (Å²) in [7, 11) is 0. The first-order chi connectivity index (χ1) is 7.69. The third kappa shape index (κ3) is 3.46. The number of amides is 2. The van der Waals surface area contributed by atoms with E-state index in [9.17, 15) is 9.59 Å². The van der Waals surface area contributed by atoms with E-state index in [0.717, 1.165) is 6.42 Å². The van der Waals surface area contributed by atoms with E-state index in [1.807, 2.05) is 6.92 Å². The molecule has 0 aromatic rings. The zero-order valence-corrected chi connectivity index (χ0v) is 9.57. The quantitative estimate of drug-likeness (QED) is 0.627. The van der Waals surface area contributed by atoms with Crippen LogP contribution in [0.25, 0.3) is 0 Å². The lowest BCUT2D eigenvalue weighted by Gasteiger charge is -2.35. The minimum atomic E-state index is -0.311. The molecule has 1 unspecified atom stereocenters. The van der Waals surface area contributed by atoms with Crippen LogP contribution in [-0.4, -0.2) is 55.6 Å². The van der Waals surface area contributed by atoms with Gasteiger partial charge in [0.05, 0.1) is 32.3 Å². The number of nitrogens with one attached hydrogen (secondary N) is 1. The van der Waals surface area contributed by atoms with Gasteiger partial charge >= 0.3 is 0 Å². The molecule has 0 saturated carbocycles. The molecule has 3 N–H and O–H groups in total. The average molecular weight is 229 g/mol. The molecule has 1 aliphatic heterocycles. The van der Waals surface area contributed by atoms with Gasteiger partial charge in [-0.2, -0.15) is 0 Å². The normalized spacial score (nSPS) is 20.6. The van der Waals surface area contributed by atoms with E-state index < -0.39 is 0 Å². The predicted molar refractivity (Wildman–Crippen MR) is 58.7 cm³/mol. The molecular formula is C10H19N3O3. The van der Waals surface area contributed by atoms with Gasteiger partial charge < -0.3 is 20.7 Å². The van der Waals surface area contributed by atoms with Gasteiger partial charge in [0, 0.05) is 6.54 Å². The van der Waals surface area contributed by atoms with Crippen LogP contribution in [0.5, 0.6) is 0 Å². The third-order valence-corrected chi connectivity index (χ3v) is 2.64. The van der Waals surface area contributed by atoms with E-state index in [1.165, 1.54) is 0 Å². The fourth-order valence-electron chi connectivity index (χ4n) is 1.67. The topological polar surface area (TPSA) is 84.7 Å². The van der Waals surface area contributed by atoms with Crippen LogP contribution in [0.15, 0.2) is 0 Å². The summed E-state index contributed by atoms with van der Waals surface area (Å²) < 4.78 is 5.30. The highest BCUT2D eigenvalue weighted by molar-refractivity contribution is 5.85. The van der Waals surface area contributed by atoms with Crippen molar-refractivity contribution in [2.75, 3.05) is 32.8 Å². The van der Waals surface area contributed by atoms with E-state index >= 15 is 0 Å². The average Bonchev–Trinajstić information content (AvgIpc) is 2.35. The molecule has 6 nitrogen and oxygen atoms in total. The van der Waals surface area contributed by atoms with Crippen molar-refractivity contribution < 1.29 is 14.3 Å². The Bertz CT molecular complexity index is 258. The van der Waals surface area contributed by atoms with Gasteiger partial charge in [0.15, 0.2) is 0 Å². The van der Waals surface area contributed by atoms with Crippen molar-refractivity contribution in [2.24, 2.45) is 5.73 Å². The first kappa shape index (κ1) is 12.9. The number of rotatable bonds is 4. The standard InChI is InChI=1S/C10H19N3O3/c1-2-8-7-16-4-3-13(8)10(15)6-12-9(14)5-11/h8H,2-7,11H2,1H3,(H,12,14). The number of hydrogen-bond donors (Lipinski definition) is 2. The molecule has 1 rings (SSSR count). The number of nitrogens with zero attached hydrogens (tertiary/aromatic N) is 1. The first-order valence-corrected chi connectivity index (χ1v) is 5.53. The molecule has 0 aliphatic carbocycles. The molecule has 0 aromatic heterocycles. The predicted octanol–water partition coefficient (Wildman–Crippen LogP) is -1.30. The van der Waals surface area contributed by atoms with Crippen LogP contribution >= 0.6 is 0 Å². The molecule has 0 aromatic carbocycles. The van der Waals surface area contributed by atoms with Crippen LogP contribution in [0.2, 0.25) is 0 Å². The van der Waals surface area contributed by atoms with Crippen LogP contribution in [-0.2, 0) is 14.3 Å². The zero-order valence-electron chi connectivity index (χ0n) is 9.57. The van der Waals surface area contributed by atoms with Crippen LogP contribution in [0.4, 0.5) is 0 Å². The summed E-state index contributed by atoms with van der Waals surface area (Å²) >= 11 is 0. The highest BCUT2D eigenvalue weighted by atomic mass is 16.5.